The zero-order valence-corrected chi connectivity index (χ0v) is 19.4. The van der Waals surface area contributed by atoms with Crippen molar-refractivity contribution >= 4 is 17.5 Å². The van der Waals surface area contributed by atoms with Gasteiger partial charge in [0.25, 0.3) is 5.91 Å². The Morgan fingerprint density at radius 1 is 1.17 bits per heavy atom. The zero-order chi connectivity index (χ0) is 24.7. The number of hydrogen-bond acceptors (Lipinski definition) is 6. The van der Waals surface area contributed by atoms with E-state index in [1.807, 2.05) is 0 Å². The molecule has 0 N–H and O–H groups in total. The van der Waals surface area contributed by atoms with Gasteiger partial charge in [0.1, 0.15) is 16.8 Å². The van der Waals surface area contributed by atoms with E-state index in [-0.39, 0.29) is 34.5 Å². The first-order valence-corrected chi connectivity index (χ1v) is 11.5. The number of carbonyl (C=O) groups is 1. The highest BCUT2D eigenvalue weighted by Gasteiger charge is 2.45. The van der Waals surface area contributed by atoms with Gasteiger partial charge < -0.3 is 9.64 Å². The minimum Gasteiger partial charge on any atom is -0.471 e. The van der Waals surface area contributed by atoms with Crippen LogP contribution >= 0.6 is 11.6 Å². The number of pyridine rings is 2. The zero-order valence-electron chi connectivity index (χ0n) is 18.7. The van der Waals surface area contributed by atoms with Crippen LogP contribution in [-0.2, 0) is 6.18 Å². The number of nitrogens with zero attached hydrogens (tertiary/aromatic N) is 5. The molecule has 2 aliphatic heterocycles. The first-order valence-electron chi connectivity index (χ1n) is 11.2. The Bertz CT molecular complexity index is 1260. The standard InChI is InChI=1S/C24H21ClF3N5O2/c1-13-3-5-16(21-29-7-2-8-30-21)20(32-13)23(34)33-12-14-4-6-18(33)19(9-14)35-22-17(25)10-15(11-31-22)24(26,27)28/h2-3,5,7-8,10-11,14,18-19H,4,6,9,12H2,1H3. The molecule has 7 nitrogen and oxygen atoms in total. The van der Waals surface area contributed by atoms with E-state index in [0.29, 0.717) is 42.7 Å². The Morgan fingerprint density at radius 3 is 2.63 bits per heavy atom. The summed E-state index contributed by atoms with van der Waals surface area (Å²) >= 11 is 6.07. The number of hydrogen-bond donors (Lipinski definition) is 0. The number of carbonyl (C=O) groups excluding carboxylic acids is 1. The molecule has 182 valence electrons. The summed E-state index contributed by atoms with van der Waals surface area (Å²) in [5, 5.41) is -0.219. The number of aromatic nitrogens is 4. The molecule has 0 radical (unpaired) electrons. The lowest BCUT2D eigenvalue weighted by Crippen LogP contribution is -2.59. The number of aryl methyl sites for hydroxylation is 1. The van der Waals surface area contributed by atoms with Crippen LogP contribution in [0.5, 0.6) is 5.88 Å². The molecule has 3 aliphatic rings. The van der Waals surface area contributed by atoms with Gasteiger partial charge in [-0.05, 0) is 56.4 Å². The highest BCUT2D eigenvalue weighted by molar-refractivity contribution is 6.31. The fourth-order valence-corrected chi connectivity index (χ4v) is 4.99. The van der Waals surface area contributed by atoms with Crippen LogP contribution in [0.3, 0.4) is 0 Å². The normalized spacial score (nSPS) is 21.7. The van der Waals surface area contributed by atoms with Gasteiger partial charge in [0.15, 0.2) is 5.82 Å². The second kappa shape index (κ2) is 9.07. The number of alkyl halides is 3. The third-order valence-electron chi connectivity index (χ3n) is 6.42. The molecule has 35 heavy (non-hydrogen) atoms. The Morgan fingerprint density at radius 2 is 1.94 bits per heavy atom. The molecule has 0 aromatic carbocycles. The van der Waals surface area contributed by atoms with Crippen LogP contribution in [0.4, 0.5) is 13.2 Å². The van der Waals surface area contributed by atoms with Gasteiger partial charge in [-0.25, -0.2) is 19.9 Å². The third-order valence-corrected chi connectivity index (χ3v) is 6.69. The van der Waals surface area contributed by atoms with E-state index in [9.17, 15) is 18.0 Å². The van der Waals surface area contributed by atoms with Crippen molar-refractivity contribution in [1.82, 2.24) is 24.8 Å². The van der Waals surface area contributed by atoms with Crippen LogP contribution in [0.2, 0.25) is 5.02 Å². The Balaban J connectivity index is 1.42. The molecule has 5 heterocycles. The SMILES string of the molecule is Cc1ccc(-c2ncccn2)c(C(=O)N2CC3CCC2C(Oc2ncc(C(F)(F)F)cc2Cl)C3)n1. The predicted octanol–water partition coefficient (Wildman–Crippen LogP) is 4.99. The van der Waals surface area contributed by atoms with E-state index < -0.39 is 17.8 Å². The minimum atomic E-state index is -4.55. The van der Waals surface area contributed by atoms with Crippen molar-refractivity contribution in [3.8, 4) is 17.3 Å². The van der Waals surface area contributed by atoms with Crippen LogP contribution in [0, 0.1) is 12.8 Å². The summed E-state index contributed by atoms with van der Waals surface area (Å²) in [4.78, 5) is 32.3. The summed E-state index contributed by atoms with van der Waals surface area (Å²) in [6.07, 6.45) is 1.18. The molecule has 3 atom stereocenters. The average Bonchev–Trinajstić information content (AvgIpc) is 2.85. The fourth-order valence-electron chi connectivity index (χ4n) is 4.78. The summed E-state index contributed by atoms with van der Waals surface area (Å²) in [6.45, 7) is 2.35. The highest BCUT2D eigenvalue weighted by Crippen LogP contribution is 2.40. The third kappa shape index (κ3) is 4.67. The molecule has 11 heteroatoms. The summed E-state index contributed by atoms with van der Waals surface area (Å²) in [6, 6.07) is 5.79. The average molecular weight is 504 g/mol. The Kier molecular flexibility index (Phi) is 6.08. The second-order valence-electron chi connectivity index (χ2n) is 8.79. The van der Waals surface area contributed by atoms with Gasteiger partial charge in [-0.15, -0.1) is 0 Å². The maximum atomic E-state index is 13.7. The van der Waals surface area contributed by atoms with Crippen molar-refractivity contribution in [1.29, 1.82) is 0 Å². The molecular weight excluding hydrogens is 483 g/mol. The molecule has 2 saturated heterocycles. The van der Waals surface area contributed by atoms with Gasteiger partial charge in [-0.3, -0.25) is 4.79 Å². The van der Waals surface area contributed by atoms with Gasteiger partial charge in [0.2, 0.25) is 5.88 Å². The number of ether oxygens (including phenoxy) is 1. The monoisotopic (exact) mass is 503 g/mol. The first-order chi connectivity index (χ1) is 16.7. The topological polar surface area (TPSA) is 81.1 Å². The van der Waals surface area contributed by atoms with Crippen molar-refractivity contribution in [3.63, 3.8) is 0 Å². The summed E-state index contributed by atoms with van der Waals surface area (Å²) in [5.74, 6) is 0.254. The molecule has 0 spiro atoms. The minimum absolute atomic E-state index is 0.0725. The molecule has 1 aliphatic carbocycles. The number of piperidine rings is 2. The number of rotatable bonds is 4. The number of amides is 1. The van der Waals surface area contributed by atoms with Gasteiger partial charge in [-0.2, -0.15) is 13.2 Å². The number of halogens is 4. The maximum Gasteiger partial charge on any atom is 0.417 e. The van der Waals surface area contributed by atoms with Crippen LogP contribution < -0.4 is 4.74 Å². The maximum absolute atomic E-state index is 13.7. The van der Waals surface area contributed by atoms with Crippen molar-refractivity contribution in [2.75, 3.05) is 6.54 Å². The molecule has 2 bridgehead atoms. The van der Waals surface area contributed by atoms with E-state index >= 15 is 0 Å². The molecule has 1 amide bonds. The van der Waals surface area contributed by atoms with Crippen LogP contribution in [0.1, 0.15) is 41.0 Å². The molecule has 1 saturated carbocycles. The van der Waals surface area contributed by atoms with E-state index in [4.69, 9.17) is 16.3 Å². The second-order valence-corrected chi connectivity index (χ2v) is 9.20. The molecule has 6 rings (SSSR count). The summed E-state index contributed by atoms with van der Waals surface area (Å²) in [5.41, 5.74) is 0.530. The Labute approximate surface area is 204 Å². The smallest absolute Gasteiger partial charge is 0.417 e. The number of fused-ring (bicyclic) bond motifs is 3. The van der Waals surface area contributed by atoms with Crippen molar-refractivity contribution < 1.29 is 22.7 Å². The quantitative estimate of drug-likeness (QED) is 0.499. The van der Waals surface area contributed by atoms with Crippen molar-refractivity contribution in [2.45, 2.75) is 44.5 Å². The van der Waals surface area contributed by atoms with Crippen LogP contribution in [-0.4, -0.2) is 49.4 Å². The largest absolute Gasteiger partial charge is 0.471 e. The highest BCUT2D eigenvalue weighted by atomic mass is 35.5. The van der Waals surface area contributed by atoms with E-state index in [2.05, 4.69) is 19.9 Å². The molecule has 3 aromatic heterocycles. The lowest BCUT2D eigenvalue weighted by molar-refractivity contribution is -0.137. The van der Waals surface area contributed by atoms with Gasteiger partial charge >= 0.3 is 6.18 Å². The van der Waals surface area contributed by atoms with Crippen molar-refractivity contribution in [3.05, 3.63) is 64.8 Å². The molecule has 3 aromatic rings. The first kappa shape index (κ1) is 23.5. The predicted molar refractivity (Wildman–Crippen MR) is 121 cm³/mol. The fraction of sp³-hybridized carbons (Fsp3) is 0.375. The van der Waals surface area contributed by atoms with E-state index in [0.717, 1.165) is 12.5 Å². The lowest BCUT2D eigenvalue weighted by Gasteiger charge is -2.49. The molecule has 3 unspecified atom stereocenters. The van der Waals surface area contributed by atoms with Gasteiger partial charge in [0.05, 0.1) is 17.2 Å². The van der Waals surface area contributed by atoms with Gasteiger partial charge in [0, 0.05) is 30.8 Å². The summed E-state index contributed by atoms with van der Waals surface area (Å²) < 4.78 is 44.9. The molecular formula is C24H21ClF3N5O2. The summed E-state index contributed by atoms with van der Waals surface area (Å²) in [7, 11) is 0. The lowest BCUT2D eigenvalue weighted by atomic mass is 9.77. The van der Waals surface area contributed by atoms with E-state index in [1.54, 1.807) is 42.4 Å². The van der Waals surface area contributed by atoms with Crippen molar-refractivity contribution in [2.24, 2.45) is 5.92 Å². The molecule has 3 fully saturated rings. The Hall–Kier alpha value is -3.27. The van der Waals surface area contributed by atoms with Crippen LogP contribution in [0.15, 0.2) is 42.9 Å². The van der Waals surface area contributed by atoms with Crippen LogP contribution in [0.25, 0.3) is 11.4 Å². The van der Waals surface area contributed by atoms with Gasteiger partial charge in [-0.1, -0.05) is 11.6 Å². The van der Waals surface area contributed by atoms with E-state index in [1.165, 1.54) is 0 Å².